The molecule has 0 fully saturated rings. The Morgan fingerprint density at radius 2 is 2.16 bits per heavy atom. The first kappa shape index (κ1) is 11.7. The van der Waals surface area contributed by atoms with Gasteiger partial charge in [-0.05, 0) is 13.0 Å². The maximum Gasteiger partial charge on any atom is 0.151 e. The number of nitrogens with zero attached hydrogens (tertiary/aromatic N) is 5. The number of aliphatic hydroxyl groups is 1. The first-order valence-corrected chi connectivity index (χ1v) is 5.93. The Hall–Kier alpha value is -2.41. The van der Waals surface area contributed by atoms with Crippen LogP contribution in [0, 0.1) is 0 Å². The van der Waals surface area contributed by atoms with Crippen molar-refractivity contribution in [2.75, 3.05) is 12.3 Å². The lowest BCUT2D eigenvalue weighted by Gasteiger charge is -2.06. The van der Waals surface area contributed by atoms with Crippen molar-refractivity contribution in [1.29, 1.82) is 0 Å². The molecular formula is C12H14N6O. The molecule has 0 saturated heterocycles. The summed E-state index contributed by atoms with van der Waals surface area (Å²) in [5, 5.41) is 17.5. The SMILES string of the molecule is C[C@H](CO)n1cc(-c2cc3c(N)ncnn3c2)cn1. The summed E-state index contributed by atoms with van der Waals surface area (Å²) >= 11 is 0. The molecule has 0 unspecified atom stereocenters. The summed E-state index contributed by atoms with van der Waals surface area (Å²) in [6, 6.07) is 1.87. The lowest BCUT2D eigenvalue weighted by atomic mass is 10.2. The van der Waals surface area contributed by atoms with Gasteiger partial charge in [0.05, 0.1) is 18.8 Å². The number of hydrogen-bond donors (Lipinski definition) is 2. The molecule has 0 bridgehead atoms. The minimum Gasteiger partial charge on any atom is -0.394 e. The summed E-state index contributed by atoms with van der Waals surface area (Å²) in [7, 11) is 0. The van der Waals surface area contributed by atoms with E-state index in [1.54, 1.807) is 15.4 Å². The highest BCUT2D eigenvalue weighted by molar-refractivity contribution is 5.75. The van der Waals surface area contributed by atoms with E-state index in [-0.39, 0.29) is 12.6 Å². The molecule has 7 heteroatoms. The van der Waals surface area contributed by atoms with Crippen LogP contribution in [0.3, 0.4) is 0 Å². The standard InChI is InChI=1S/C12H14N6O/c1-8(6-19)17-5-10(3-15-17)9-2-11-12(13)14-7-16-18(11)4-9/h2-5,7-8,19H,6H2,1H3,(H2,13,14,16)/t8-/m1/s1. The van der Waals surface area contributed by atoms with Crippen LogP contribution in [0.2, 0.25) is 0 Å². The van der Waals surface area contributed by atoms with Crippen LogP contribution in [0.4, 0.5) is 5.82 Å². The molecule has 7 nitrogen and oxygen atoms in total. The molecule has 0 saturated carbocycles. The van der Waals surface area contributed by atoms with Crippen LogP contribution in [0.5, 0.6) is 0 Å². The van der Waals surface area contributed by atoms with Gasteiger partial charge in [0.25, 0.3) is 0 Å². The molecule has 0 aliphatic rings. The van der Waals surface area contributed by atoms with Crippen LogP contribution in [0.1, 0.15) is 13.0 Å². The molecule has 19 heavy (non-hydrogen) atoms. The van der Waals surface area contributed by atoms with Crippen molar-refractivity contribution in [2.24, 2.45) is 0 Å². The zero-order chi connectivity index (χ0) is 13.4. The Bertz CT molecular complexity index is 716. The predicted molar refractivity (Wildman–Crippen MR) is 70.4 cm³/mol. The smallest absolute Gasteiger partial charge is 0.151 e. The van der Waals surface area contributed by atoms with E-state index in [1.165, 1.54) is 6.33 Å². The van der Waals surface area contributed by atoms with Crippen molar-refractivity contribution in [3.05, 3.63) is 31.0 Å². The lowest BCUT2D eigenvalue weighted by Crippen LogP contribution is -2.09. The highest BCUT2D eigenvalue weighted by atomic mass is 16.3. The van der Waals surface area contributed by atoms with E-state index < -0.39 is 0 Å². The summed E-state index contributed by atoms with van der Waals surface area (Å²) in [5.41, 5.74) is 8.47. The largest absolute Gasteiger partial charge is 0.394 e. The van der Waals surface area contributed by atoms with Crippen molar-refractivity contribution in [2.45, 2.75) is 13.0 Å². The molecule has 0 radical (unpaired) electrons. The van der Waals surface area contributed by atoms with Crippen LogP contribution in [0.25, 0.3) is 16.6 Å². The van der Waals surface area contributed by atoms with E-state index in [2.05, 4.69) is 15.2 Å². The molecule has 0 spiro atoms. The van der Waals surface area contributed by atoms with Gasteiger partial charge in [-0.1, -0.05) is 0 Å². The maximum absolute atomic E-state index is 9.12. The van der Waals surface area contributed by atoms with E-state index in [0.29, 0.717) is 5.82 Å². The van der Waals surface area contributed by atoms with Crippen LogP contribution in [-0.2, 0) is 0 Å². The Balaban J connectivity index is 2.04. The Kier molecular flexibility index (Phi) is 2.68. The Morgan fingerprint density at radius 3 is 2.89 bits per heavy atom. The molecule has 1 atom stereocenters. The number of hydrogen-bond acceptors (Lipinski definition) is 5. The minimum absolute atomic E-state index is 0.0457. The van der Waals surface area contributed by atoms with Gasteiger partial charge in [-0.2, -0.15) is 10.2 Å². The van der Waals surface area contributed by atoms with Gasteiger partial charge in [0.1, 0.15) is 11.8 Å². The Morgan fingerprint density at radius 1 is 1.32 bits per heavy atom. The van der Waals surface area contributed by atoms with Gasteiger partial charge in [-0.3, -0.25) is 4.68 Å². The van der Waals surface area contributed by atoms with Gasteiger partial charge in [0, 0.05) is 23.5 Å². The second kappa shape index (κ2) is 4.36. The summed E-state index contributed by atoms with van der Waals surface area (Å²) in [6.45, 7) is 1.95. The molecular weight excluding hydrogens is 244 g/mol. The molecule has 0 aliphatic heterocycles. The zero-order valence-corrected chi connectivity index (χ0v) is 10.4. The number of rotatable bonds is 3. The fourth-order valence-electron chi connectivity index (χ4n) is 1.92. The van der Waals surface area contributed by atoms with E-state index in [1.807, 2.05) is 25.4 Å². The average molecular weight is 258 g/mol. The summed E-state index contributed by atoms with van der Waals surface area (Å²) < 4.78 is 3.41. The fraction of sp³-hybridized carbons (Fsp3) is 0.250. The predicted octanol–water partition coefficient (Wildman–Crippen LogP) is 0.728. The molecule has 0 aromatic carbocycles. The van der Waals surface area contributed by atoms with Crippen LogP contribution in [0.15, 0.2) is 31.0 Å². The molecule has 0 amide bonds. The van der Waals surface area contributed by atoms with E-state index in [4.69, 9.17) is 10.8 Å². The van der Waals surface area contributed by atoms with Crippen LogP contribution >= 0.6 is 0 Å². The maximum atomic E-state index is 9.12. The van der Waals surface area contributed by atoms with Gasteiger partial charge >= 0.3 is 0 Å². The molecule has 98 valence electrons. The molecule has 3 aromatic rings. The van der Waals surface area contributed by atoms with Crippen molar-refractivity contribution in [3.8, 4) is 11.1 Å². The quantitative estimate of drug-likeness (QED) is 0.722. The molecule has 3 N–H and O–H groups in total. The topological polar surface area (TPSA) is 94.3 Å². The first-order valence-electron chi connectivity index (χ1n) is 5.93. The number of fused-ring (bicyclic) bond motifs is 1. The van der Waals surface area contributed by atoms with Gasteiger partial charge < -0.3 is 10.8 Å². The third kappa shape index (κ3) is 1.93. The van der Waals surface area contributed by atoms with Gasteiger partial charge in [0.15, 0.2) is 5.82 Å². The van der Waals surface area contributed by atoms with Crippen molar-refractivity contribution < 1.29 is 5.11 Å². The lowest BCUT2D eigenvalue weighted by molar-refractivity contribution is 0.230. The minimum atomic E-state index is -0.0457. The zero-order valence-electron chi connectivity index (χ0n) is 10.4. The Labute approximate surface area is 109 Å². The normalized spacial score (nSPS) is 12.9. The monoisotopic (exact) mass is 258 g/mol. The van der Waals surface area contributed by atoms with Gasteiger partial charge in [-0.15, -0.1) is 0 Å². The van der Waals surface area contributed by atoms with Crippen molar-refractivity contribution in [3.63, 3.8) is 0 Å². The molecule has 0 aliphatic carbocycles. The second-order valence-corrected chi connectivity index (χ2v) is 4.44. The van der Waals surface area contributed by atoms with Crippen molar-refractivity contribution in [1.82, 2.24) is 24.4 Å². The number of aliphatic hydroxyl groups excluding tert-OH is 1. The van der Waals surface area contributed by atoms with Crippen molar-refractivity contribution >= 4 is 11.3 Å². The number of aromatic nitrogens is 5. The molecule has 3 heterocycles. The van der Waals surface area contributed by atoms with Crippen LogP contribution in [-0.4, -0.2) is 36.1 Å². The third-order valence-corrected chi connectivity index (χ3v) is 3.09. The number of anilines is 1. The first-order chi connectivity index (χ1) is 9.19. The highest BCUT2D eigenvalue weighted by Gasteiger charge is 2.10. The van der Waals surface area contributed by atoms with Gasteiger partial charge in [0.2, 0.25) is 0 Å². The highest BCUT2D eigenvalue weighted by Crippen LogP contribution is 2.24. The van der Waals surface area contributed by atoms with Gasteiger partial charge in [-0.25, -0.2) is 9.50 Å². The van der Waals surface area contributed by atoms with E-state index >= 15 is 0 Å². The second-order valence-electron chi connectivity index (χ2n) is 4.44. The summed E-state index contributed by atoms with van der Waals surface area (Å²) in [6.07, 6.45) is 6.94. The van der Waals surface area contributed by atoms with E-state index in [9.17, 15) is 0 Å². The van der Waals surface area contributed by atoms with Crippen LogP contribution < -0.4 is 5.73 Å². The molecule has 3 rings (SSSR count). The number of nitrogen functional groups attached to an aromatic ring is 1. The van der Waals surface area contributed by atoms with E-state index in [0.717, 1.165) is 16.6 Å². The molecule has 3 aromatic heterocycles. The third-order valence-electron chi connectivity index (χ3n) is 3.09. The average Bonchev–Trinajstić information content (AvgIpc) is 3.04. The summed E-state index contributed by atoms with van der Waals surface area (Å²) in [5.74, 6) is 0.442. The number of nitrogens with two attached hydrogens (primary N) is 1. The fourth-order valence-corrected chi connectivity index (χ4v) is 1.92. The summed E-state index contributed by atoms with van der Waals surface area (Å²) in [4.78, 5) is 3.95.